The molecule has 4 unspecified atom stereocenters. The van der Waals surface area contributed by atoms with Crippen LogP contribution in [0.4, 0.5) is 0 Å². The standard InChI is InChI=1S/C28H29.2ClH.Hf/c1-3-18-16-19-12-13-26(20-14-15-21(18)27(19)17(20)2)28-24-10-6-4-8-22(24)23-9-5-7-11-25(23)28;;;/h4-11,16-17,20,26,28H,3,12-15H2,1-2H3;2*1H;/q;;;+2/p-2. The fourth-order valence-corrected chi connectivity index (χ4v) is 16.3. The van der Waals surface area contributed by atoms with E-state index in [9.17, 15) is 0 Å². The van der Waals surface area contributed by atoms with Gasteiger partial charge in [-0.3, -0.25) is 0 Å². The molecule has 4 aliphatic carbocycles. The molecule has 2 aromatic carbocycles. The molecule has 2 bridgehead atoms. The van der Waals surface area contributed by atoms with Gasteiger partial charge in [0.2, 0.25) is 0 Å². The number of fused-ring (bicyclic) bond motifs is 4. The van der Waals surface area contributed by atoms with Gasteiger partial charge in [0.15, 0.2) is 0 Å². The molecule has 0 spiro atoms. The van der Waals surface area contributed by atoms with Crippen LogP contribution in [0.5, 0.6) is 0 Å². The molecule has 6 rings (SSSR count). The van der Waals surface area contributed by atoms with E-state index in [0.717, 1.165) is 12.3 Å². The number of rotatable bonds is 3. The first-order chi connectivity index (χ1) is 15.1. The van der Waals surface area contributed by atoms with Crippen molar-refractivity contribution in [2.75, 3.05) is 0 Å². The summed E-state index contributed by atoms with van der Waals surface area (Å²) in [6, 6.07) is 18.3. The van der Waals surface area contributed by atoms with Gasteiger partial charge < -0.3 is 0 Å². The molecule has 31 heavy (non-hydrogen) atoms. The second-order valence-electron chi connectivity index (χ2n) is 9.86. The zero-order chi connectivity index (χ0) is 21.3. The van der Waals surface area contributed by atoms with Crippen LogP contribution in [0.15, 0.2) is 70.8 Å². The average Bonchev–Trinajstić information content (AvgIpc) is 3.27. The van der Waals surface area contributed by atoms with Crippen molar-refractivity contribution in [2.45, 2.75) is 55.5 Å². The van der Waals surface area contributed by atoms with E-state index in [4.69, 9.17) is 17.2 Å². The third kappa shape index (κ3) is 3.02. The summed E-state index contributed by atoms with van der Waals surface area (Å²) in [5, 5.41) is 0. The molecule has 0 heterocycles. The van der Waals surface area contributed by atoms with Crippen LogP contribution in [0.1, 0.15) is 63.0 Å². The van der Waals surface area contributed by atoms with E-state index in [-0.39, 0.29) is 0 Å². The van der Waals surface area contributed by atoms with Gasteiger partial charge in [-0.25, -0.2) is 0 Å². The van der Waals surface area contributed by atoms with E-state index in [1.54, 1.807) is 33.4 Å². The molecule has 2 aromatic rings. The molecule has 0 N–H and O–H groups in total. The molecule has 0 radical (unpaired) electrons. The van der Waals surface area contributed by atoms with Crippen molar-refractivity contribution < 1.29 is 19.1 Å². The van der Waals surface area contributed by atoms with Crippen LogP contribution in [-0.2, 0) is 19.1 Å². The van der Waals surface area contributed by atoms with Crippen molar-refractivity contribution in [3.05, 3.63) is 82.0 Å². The normalized spacial score (nSPS) is 29.2. The zero-order valence-electron chi connectivity index (χ0n) is 18.3. The van der Waals surface area contributed by atoms with Crippen molar-refractivity contribution in [2.24, 2.45) is 17.8 Å². The van der Waals surface area contributed by atoms with Crippen LogP contribution in [0.3, 0.4) is 0 Å². The van der Waals surface area contributed by atoms with Crippen LogP contribution in [0, 0.1) is 17.8 Å². The Bertz CT molecular complexity index is 1070. The van der Waals surface area contributed by atoms with Gasteiger partial charge in [-0.15, -0.1) is 0 Å². The van der Waals surface area contributed by atoms with Crippen molar-refractivity contribution in [3.63, 3.8) is 0 Å². The fraction of sp³-hybridized carbons (Fsp3) is 0.429. The molecule has 0 aromatic heterocycles. The van der Waals surface area contributed by atoms with Gasteiger partial charge in [0, 0.05) is 0 Å². The summed E-state index contributed by atoms with van der Waals surface area (Å²) >= 11 is -2.59. The SMILES string of the molecule is CCC1=C2CCC3C(C)C2=C(CCC3C2c3ccccc3-c3ccccc32)[CH]1[Hf]([Cl])[Cl]. The first kappa shape index (κ1) is 20.9. The third-order valence-electron chi connectivity index (χ3n) is 8.79. The number of hydrogen-bond acceptors (Lipinski definition) is 0. The Morgan fingerprint density at radius 3 is 2.10 bits per heavy atom. The first-order valence-corrected chi connectivity index (χ1v) is 22.9. The summed E-state index contributed by atoms with van der Waals surface area (Å²) < 4.78 is 0.464. The minimum atomic E-state index is -2.59. The first-order valence-electron chi connectivity index (χ1n) is 11.9. The molecule has 3 heteroatoms. The summed E-state index contributed by atoms with van der Waals surface area (Å²) in [6.45, 7) is 4.84. The number of hydrogen-bond donors (Lipinski definition) is 0. The summed E-state index contributed by atoms with van der Waals surface area (Å²) in [7, 11) is 13.6. The molecule has 0 aliphatic heterocycles. The predicted octanol–water partition coefficient (Wildman–Crippen LogP) is 8.99. The van der Waals surface area contributed by atoms with E-state index in [1.807, 2.05) is 0 Å². The summed E-state index contributed by atoms with van der Waals surface area (Å²) in [5.74, 6) is 2.60. The minimum absolute atomic E-state index is 0.464. The maximum absolute atomic E-state index is 6.82. The molecule has 0 amide bonds. The van der Waals surface area contributed by atoms with Crippen LogP contribution in [0.2, 0.25) is 3.67 Å². The number of halogens is 2. The van der Waals surface area contributed by atoms with Gasteiger partial charge in [0.1, 0.15) is 0 Å². The Balaban J connectivity index is 1.46. The second-order valence-corrected chi connectivity index (χ2v) is 22.3. The van der Waals surface area contributed by atoms with E-state index in [1.165, 1.54) is 36.8 Å². The second kappa shape index (κ2) is 8.00. The van der Waals surface area contributed by atoms with Crippen LogP contribution in [-0.4, -0.2) is 0 Å². The van der Waals surface area contributed by atoms with E-state index in [0.29, 0.717) is 21.4 Å². The fourth-order valence-electron chi connectivity index (χ4n) is 7.70. The quantitative estimate of drug-likeness (QED) is 0.303. The molecular weight excluding hydrogens is 586 g/mol. The van der Waals surface area contributed by atoms with Crippen LogP contribution in [0.25, 0.3) is 11.1 Å². The molecule has 4 atom stereocenters. The molecule has 1 saturated carbocycles. The van der Waals surface area contributed by atoms with E-state index >= 15 is 0 Å². The summed E-state index contributed by atoms with van der Waals surface area (Å²) in [6.07, 6.45) is 6.17. The molecule has 0 nitrogen and oxygen atoms in total. The Morgan fingerprint density at radius 1 is 0.871 bits per heavy atom. The van der Waals surface area contributed by atoms with Gasteiger partial charge in [0.05, 0.1) is 0 Å². The predicted molar refractivity (Wildman–Crippen MR) is 128 cm³/mol. The number of benzene rings is 2. The van der Waals surface area contributed by atoms with Gasteiger partial charge >= 0.3 is 203 Å². The van der Waals surface area contributed by atoms with Crippen molar-refractivity contribution in [3.8, 4) is 11.1 Å². The van der Waals surface area contributed by atoms with E-state index in [2.05, 4.69) is 62.4 Å². The van der Waals surface area contributed by atoms with Gasteiger partial charge in [-0.05, 0) is 0 Å². The van der Waals surface area contributed by atoms with Crippen molar-refractivity contribution >= 4 is 17.2 Å². The van der Waals surface area contributed by atoms with Gasteiger partial charge in [0.25, 0.3) is 0 Å². The zero-order valence-corrected chi connectivity index (χ0v) is 23.4. The Labute approximate surface area is 201 Å². The molecule has 4 aliphatic rings. The van der Waals surface area contributed by atoms with Gasteiger partial charge in [-0.1, -0.05) is 0 Å². The third-order valence-corrected chi connectivity index (χ3v) is 16.4. The van der Waals surface area contributed by atoms with E-state index < -0.39 is 19.1 Å². The monoisotopic (exact) mass is 615 g/mol. The van der Waals surface area contributed by atoms with Crippen molar-refractivity contribution in [1.29, 1.82) is 0 Å². The maximum atomic E-state index is 6.82. The topological polar surface area (TPSA) is 0 Å². The van der Waals surface area contributed by atoms with Crippen LogP contribution >= 0.6 is 17.2 Å². The average molecular weight is 615 g/mol. The molecule has 1 fully saturated rings. The summed E-state index contributed by atoms with van der Waals surface area (Å²) in [4.78, 5) is 0. The summed E-state index contributed by atoms with van der Waals surface area (Å²) in [5.41, 5.74) is 12.7. The number of allylic oxidation sites excluding steroid dienone is 4. The molecule has 159 valence electrons. The molecule has 0 saturated heterocycles. The van der Waals surface area contributed by atoms with Crippen molar-refractivity contribution in [1.82, 2.24) is 0 Å². The Morgan fingerprint density at radius 2 is 1.48 bits per heavy atom. The Kier molecular flexibility index (Phi) is 5.40. The molecular formula is C28H29Cl2Hf. The van der Waals surface area contributed by atoms with Crippen LogP contribution < -0.4 is 0 Å². The van der Waals surface area contributed by atoms with Gasteiger partial charge in [-0.2, -0.15) is 0 Å². The Hall–Kier alpha value is -0.630.